The minimum absolute atomic E-state index is 0.0397. The van der Waals surface area contributed by atoms with Gasteiger partial charge < -0.3 is 9.80 Å². The number of piperazine rings is 1. The summed E-state index contributed by atoms with van der Waals surface area (Å²) in [6.07, 6.45) is 0.619. The van der Waals surface area contributed by atoms with E-state index in [-0.39, 0.29) is 30.1 Å². The molecule has 7 heteroatoms. The second kappa shape index (κ2) is 8.12. The normalized spacial score (nSPS) is 17.8. The molecule has 150 valence electrons. The molecule has 28 heavy (non-hydrogen) atoms. The van der Waals surface area contributed by atoms with Gasteiger partial charge in [-0.15, -0.1) is 0 Å². The van der Waals surface area contributed by atoms with Gasteiger partial charge in [0.25, 0.3) is 5.91 Å². The first-order chi connectivity index (χ1) is 13.3. The van der Waals surface area contributed by atoms with Crippen molar-refractivity contribution in [2.45, 2.75) is 40.5 Å². The van der Waals surface area contributed by atoms with Crippen LogP contribution in [0.5, 0.6) is 0 Å². The summed E-state index contributed by atoms with van der Waals surface area (Å²) in [6, 6.07) is 5.86. The number of rotatable bonds is 3. The van der Waals surface area contributed by atoms with Crippen LogP contribution >= 0.6 is 0 Å². The van der Waals surface area contributed by atoms with Gasteiger partial charge in [-0.25, -0.2) is 5.01 Å². The van der Waals surface area contributed by atoms with E-state index < -0.39 is 0 Å². The number of hydrogen-bond acceptors (Lipinski definition) is 4. The molecule has 0 radical (unpaired) electrons. The topological polar surface area (TPSA) is 73.3 Å². The third-order valence-corrected chi connectivity index (χ3v) is 5.24. The van der Waals surface area contributed by atoms with Crippen molar-refractivity contribution in [3.63, 3.8) is 0 Å². The van der Waals surface area contributed by atoms with Crippen LogP contribution in [0.25, 0.3) is 0 Å². The first-order valence-corrected chi connectivity index (χ1v) is 9.83. The van der Waals surface area contributed by atoms with Gasteiger partial charge >= 0.3 is 0 Å². The highest BCUT2D eigenvalue weighted by molar-refractivity contribution is 6.40. The van der Waals surface area contributed by atoms with Crippen molar-refractivity contribution in [1.82, 2.24) is 9.80 Å². The van der Waals surface area contributed by atoms with Gasteiger partial charge in [-0.2, -0.15) is 5.10 Å². The van der Waals surface area contributed by atoms with Crippen LogP contribution in [0.1, 0.15) is 37.8 Å². The van der Waals surface area contributed by atoms with Crippen LogP contribution in [0.3, 0.4) is 0 Å². The van der Waals surface area contributed by atoms with Crippen LogP contribution in [-0.2, 0) is 14.4 Å². The lowest BCUT2D eigenvalue weighted by Gasteiger charge is -2.36. The van der Waals surface area contributed by atoms with E-state index in [1.54, 1.807) is 4.90 Å². The van der Waals surface area contributed by atoms with Crippen LogP contribution in [0, 0.1) is 19.8 Å². The van der Waals surface area contributed by atoms with Crippen LogP contribution in [0.15, 0.2) is 23.3 Å². The maximum absolute atomic E-state index is 13.0. The molecule has 1 aromatic carbocycles. The van der Waals surface area contributed by atoms with Crippen molar-refractivity contribution in [3.05, 3.63) is 29.3 Å². The smallest absolute Gasteiger partial charge is 0.270 e. The molecule has 1 fully saturated rings. The van der Waals surface area contributed by atoms with Crippen LogP contribution in [0.2, 0.25) is 0 Å². The number of benzene rings is 1. The molecule has 2 aliphatic heterocycles. The SMILES string of the molecule is Cc1ccc(C)c(N2N=C(C(=O)N3CCN(C(=O)C(C)C)CC3)CCC2=O)c1. The predicted octanol–water partition coefficient (Wildman–Crippen LogP) is 2.11. The molecule has 0 aromatic heterocycles. The molecule has 7 nitrogen and oxygen atoms in total. The number of nitrogens with zero attached hydrogens (tertiary/aromatic N) is 4. The molecular weight excluding hydrogens is 356 g/mol. The van der Waals surface area contributed by atoms with E-state index >= 15 is 0 Å². The predicted molar refractivity (Wildman–Crippen MR) is 108 cm³/mol. The molecular formula is C21H28N4O3. The van der Waals surface area contributed by atoms with Crippen LogP contribution in [0.4, 0.5) is 5.69 Å². The van der Waals surface area contributed by atoms with Gasteiger partial charge in [0, 0.05) is 44.9 Å². The number of carbonyl (C=O) groups excluding carboxylic acids is 3. The van der Waals surface area contributed by atoms with Crippen molar-refractivity contribution in [1.29, 1.82) is 0 Å². The summed E-state index contributed by atoms with van der Waals surface area (Å²) in [4.78, 5) is 41.1. The Hall–Kier alpha value is -2.70. The van der Waals surface area contributed by atoms with E-state index in [0.29, 0.717) is 38.3 Å². The minimum Gasteiger partial charge on any atom is -0.339 e. The van der Waals surface area contributed by atoms with E-state index in [1.165, 1.54) is 5.01 Å². The number of hydrogen-bond donors (Lipinski definition) is 0. The molecule has 1 aromatic rings. The summed E-state index contributed by atoms with van der Waals surface area (Å²) in [7, 11) is 0. The summed E-state index contributed by atoms with van der Waals surface area (Å²) in [5.74, 6) is -0.159. The molecule has 2 heterocycles. The van der Waals surface area contributed by atoms with Crippen LogP contribution in [-0.4, -0.2) is 59.4 Å². The number of amides is 3. The first kappa shape index (κ1) is 20.0. The molecule has 0 saturated carbocycles. The zero-order valence-electron chi connectivity index (χ0n) is 17.1. The molecule has 0 bridgehead atoms. The summed E-state index contributed by atoms with van der Waals surface area (Å²) < 4.78 is 0. The van der Waals surface area contributed by atoms with E-state index in [9.17, 15) is 14.4 Å². The monoisotopic (exact) mass is 384 g/mol. The zero-order chi connectivity index (χ0) is 20.4. The van der Waals surface area contributed by atoms with Crippen molar-refractivity contribution >= 4 is 29.1 Å². The van der Waals surface area contributed by atoms with Gasteiger partial charge in [0.05, 0.1) is 5.69 Å². The van der Waals surface area contributed by atoms with Crippen molar-refractivity contribution in [2.24, 2.45) is 11.0 Å². The number of carbonyl (C=O) groups is 3. The maximum atomic E-state index is 13.0. The zero-order valence-corrected chi connectivity index (χ0v) is 17.1. The van der Waals surface area contributed by atoms with Crippen molar-refractivity contribution in [2.75, 3.05) is 31.2 Å². The Morgan fingerprint density at radius 2 is 1.64 bits per heavy atom. The standard InChI is InChI=1S/C21H28N4O3/c1-14(2)20(27)23-9-11-24(12-10-23)21(28)17-7-8-19(26)25(22-17)18-13-15(3)5-6-16(18)4/h5-6,13-14H,7-12H2,1-4H3. The summed E-state index contributed by atoms with van der Waals surface area (Å²) in [5.41, 5.74) is 3.11. The molecule has 3 amide bonds. The summed E-state index contributed by atoms with van der Waals surface area (Å²) >= 11 is 0. The molecule has 0 unspecified atom stereocenters. The Kier molecular flexibility index (Phi) is 5.82. The number of anilines is 1. The number of aryl methyl sites for hydroxylation is 2. The molecule has 0 N–H and O–H groups in total. The lowest BCUT2D eigenvalue weighted by atomic mass is 10.1. The van der Waals surface area contributed by atoms with Gasteiger partial charge in [-0.1, -0.05) is 26.0 Å². The molecule has 1 saturated heterocycles. The van der Waals surface area contributed by atoms with E-state index in [4.69, 9.17) is 0 Å². The Balaban J connectivity index is 1.74. The third kappa shape index (κ3) is 4.08. The van der Waals surface area contributed by atoms with Gasteiger partial charge in [0.1, 0.15) is 5.71 Å². The number of hydrazone groups is 1. The molecule has 0 aliphatic carbocycles. The van der Waals surface area contributed by atoms with Crippen molar-refractivity contribution in [3.8, 4) is 0 Å². The van der Waals surface area contributed by atoms with Gasteiger partial charge in [0.15, 0.2) is 0 Å². The first-order valence-electron chi connectivity index (χ1n) is 9.83. The average molecular weight is 384 g/mol. The lowest BCUT2D eigenvalue weighted by molar-refractivity contribution is -0.139. The summed E-state index contributed by atoms with van der Waals surface area (Å²) in [6.45, 7) is 9.72. The second-order valence-electron chi connectivity index (χ2n) is 7.81. The largest absolute Gasteiger partial charge is 0.339 e. The Morgan fingerprint density at radius 3 is 2.29 bits per heavy atom. The fourth-order valence-electron chi connectivity index (χ4n) is 3.52. The quantitative estimate of drug-likeness (QED) is 0.801. The van der Waals surface area contributed by atoms with Crippen molar-refractivity contribution < 1.29 is 14.4 Å². The highest BCUT2D eigenvalue weighted by Gasteiger charge is 2.31. The summed E-state index contributed by atoms with van der Waals surface area (Å²) in [5, 5.41) is 5.79. The lowest BCUT2D eigenvalue weighted by Crippen LogP contribution is -2.53. The van der Waals surface area contributed by atoms with E-state index in [2.05, 4.69) is 5.10 Å². The second-order valence-corrected chi connectivity index (χ2v) is 7.81. The van der Waals surface area contributed by atoms with Gasteiger partial charge in [-0.05, 0) is 31.0 Å². The molecule has 0 atom stereocenters. The Morgan fingerprint density at radius 1 is 1.00 bits per heavy atom. The van der Waals surface area contributed by atoms with Crippen LogP contribution < -0.4 is 5.01 Å². The third-order valence-electron chi connectivity index (χ3n) is 5.24. The fraction of sp³-hybridized carbons (Fsp3) is 0.524. The van der Waals surface area contributed by atoms with E-state index in [1.807, 2.05) is 50.8 Å². The average Bonchev–Trinajstić information content (AvgIpc) is 2.69. The Labute approximate surface area is 166 Å². The Bertz CT molecular complexity index is 823. The minimum atomic E-state index is -0.139. The maximum Gasteiger partial charge on any atom is 0.270 e. The highest BCUT2D eigenvalue weighted by atomic mass is 16.2. The molecule has 2 aliphatic rings. The molecule has 3 rings (SSSR count). The fourth-order valence-corrected chi connectivity index (χ4v) is 3.52. The van der Waals surface area contributed by atoms with E-state index in [0.717, 1.165) is 16.8 Å². The van der Waals surface area contributed by atoms with Gasteiger partial charge in [0.2, 0.25) is 11.8 Å². The van der Waals surface area contributed by atoms with Gasteiger partial charge in [-0.3, -0.25) is 14.4 Å². The highest BCUT2D eigenvalue weighted by Crippen LogP contribution is 2.26. The molecule has 0 spiro atoms.